The van der Waals surface area contributed by atoms with Gasteiger partial charge in [0.2, 0.25) is 0 Å². The molecule has 6 heteroatoms. The van der Waals surface area contributed by atoms with E-state index in [-0.39, 0.29) is 10.1 Å². The monoisotopic (exact) mass is 387 g/mol. The summed E-state index contributed by atoms with van der Waals surface area (Å²) in [7, 11) is 0. The van der Waals surface area contributed by atoms with Gasteiger partial charge in [-0.25, -0.2) is 0 Å². The van der Waals surface area contributed by atoms with Crippen LogP contribution in [0.15, 0.2) is 54.6 Å². The molecule has 22 heavy (non-hydrogen) atoms. The van der Waals surface area contributed by atoms with Crippen LogP contribution in [-0.2, 0) is 6.18 Å². The summed E-state index contributed by atoms with van der Waals surface area (Å²) in [6.45, 7) is 0. The molecule has 0 unspecified atom stereocenters. The average Bonchev–Trinajstić information content (AvgIpc) is 2.94. The third kappa shape index (κ3) is 2.98. The summed E-state index contributed by atoms with van der Waals surface area (Å²) in [4.78, 5) is 0. The number of halogens is 4. The Hall–Kier alpha value is -1.55. The maximum absolute atomic E-state index is 13.6. The molecule has 1 heterocycles. The van der Waals surface area contributed by atoms with E-state index < -0.39 is 26.5 Å². The fourth-order valence-electron chi connectivity index (χ4n) is 2.14. The molecule has 3 aromatic rings. The van der Waals surface area contributed by atoms with Gasteiger partial charge < -0.3 is 0 Å². The van der Waals surface area contributed by atoms with Crippen molar-refractivity contribution >= 4 is 26.3 Å². The Morgan fingerprint density at radius 1 is 0.864 bits per heavy atom. The van der Waals surface area contributed by atoms with Crippen molar-refractivity contribution in [1.82, 2.24) is 3.98 Å². The van der Waals surface area contributed by atoms with Crippen molar-refractivity contribution in [3.63, 3.8) is 0 Å². The second kappa shape index (κ2) is 5.92. The number of hydrogen-bond acceptors (Lipinski definition) is 1. The van der Waals surface area contributed by atoms with E-state index >= 15 is 0 Å². The zero-order valence-corrected chi connectivity index (χ0v) is 13.5. The molecular weight excluding hydrogens is 378 g/mol. The van der Waals surface area contributed by atoms with Crippen LogP contribution in [-0.4, -0.2) is 18.7 Å². The van der Waals surface area contributed by atoms with Gasteiger partial charge in [0, 0.05) is 0 Å². The topological polar surface area (TPSA) is 12.9 Å². The Bertz CT molecular complexity index is 779. The number of rotatable bonds is 2. The molecule has 0 saturated heterocycles. The first-order valence-corrected chi connectivity index (χ1v) is 8.35. The van der Waals surface area contributed by atoms with Gasteiger partial charge in [-0.1, -0.05) is 0 Å². The predicted molar refractivity (Wildman–Crippen MR) is 82.1 cm³/mol. The Morgan fingerprint density at radius 2 is 1.50 bits per heavy atom. The summed E-state index contributed by atoms with van der Waals surface area (Å²) in [5, 5.41) is 0.493. The van der Waals surface area contributed by atoms with E-state index in [4.69, 9.17) is 11.6 Å². The van der Waals surface area contributed by atoms with Crippen LogP contribution in [0, 0.1) is 0 Å². The minimum atomic E-state index is -4.44. The Kier molecular flexibility index (Phi) is 4.13. The Morgan fingerprint density at radius 3 is 2.09 bits per heavy atom. The fraction of sp³-hybridized carbons (Fsp3) is 0.0625. The first-order chi connectivity index (χ1) is 10.5. The van der Waals surface area contributed by atoms with Crippen LogP contribution in [0.3, 0.4) is 0 Å². The van der Waals surface area contributed by atoms with Crippen LogP contribution in [0.25, 0.3) is 21.3 Å². The normalized spacial score (nSPS) is 11.6. The molecule has 0 saturated carbocycles. The van der Waals surface area contributed by atoms with Crippen molar-refractivity contribution in [3.8, 4) is 21.3 Å². The van der Waals surface area contributed by atoms with Crippen molar-refractivity contribution in [1.29, 1.82) is 0 Å². The van der Waals surface area contributed by atoms with E-state index in [2.05, 4.69) is 3.98 Å². The van der Waals surface area contributed by atoms with Gasteiger partial charge in [0.1, 0.15) is 0 Å². The molecule has 0 bridgehead atoms. The second-order valence-corrected chi connectivity index (χ2v) is 6.67. The molecule has 0 aliphatic rings. The third-order valence-electron chi connectivity index (χ3n) is 3.13. The maximum atomic E-state index is 13.6. The molecule has 0 amide bonds. The molecule has 0 radical (unpaired) electrons. The molecule has 0 aliphatic heterocycles. The van der Waals surface area contributed by atoms with Gasteiger partial charge in [0.05, 0.1) is 0 Å². The van der Waals surface area contributed by atoms with Crippen LogP contribution in [0.1, 0.15) is 5.56 Å². The van der Waals surface area contributed by atoms with Crippen molar-refractivity contribution in [3.05, 3.63) is 65.2 Å². The van der Waals surface area contributed by atoms with Crippen molar-refractivity contribution in [2.75, 3.05) is 0 Å². The zero-order valence-electron chi connectivity index (χ0n) is 11.1. The summed E-state index contributed by atoms with van der Waals surface area (Å²) >= 11 is 5.20. The first-order valence-electron chi connectivity index (χ1n) is 6.35. The Labute approximate surface area is 136 Å². The van der Waals surface area contributed by atoms with Gasteiger partial charge in [0.25, 0.3) is 0 Å². The summed E-state index contributed by atoms with van der Waals surface area (Å²) in [6, 6.07) is 14.9. The molecule has 0 atom stereocenters. The van der Waals surface area contributed by atoms with E-state index in [9.17, 15) is 13.2 Å². The molecule has 1 nitrogen and oxygen atoms in total. The first kappa shape index (κ1) is 15.3. The number of hydrogen-bond donors (Lipinski definition) is 0. The number of benzene rings is 2. The van der Waals surface area contributed by atoms with Gasteiger partial charge in [-0.3, -0.25) is 0 Å². The van der Waals surface area contributed by atoms with Crippen molar-refractivity contribution in [2.24, 2.45) is 0 Å². The molecule has 1 aromatic heterocycles. The minimum absolute atomic E-state index is 0.0260. The van der Waals surface area contributed by atoms with Gasteiger partial charge in [0.15, 0.2) is 0 Å². The van der Waals surface area contributed by atoms with Crippen molar-refractivity contribution in [2.45, 2.75) is 6.18 Å². The van der Waals surface area contributed by atoms with E-state index in [1.165, 1.54) is 0 Å². The molecule has 0 spiro atoms. The third-order valence-corrected chi connectivity index (χ3v) is 5.26. The summed E-state index contributed by atoms with van der Waals surface area (Å²) in [5.74, 6) is 0. The van der Waals surface area contributed by atoms with E-state index in [1.54, 1.807) is 54.6 Å². The standard InChI is InChI=1S/C16H9ClF3NSe/c17-12-8-6-11(7-9-12)15-13(16(18,19)20)14(21-22-15)10-4-2-1-3-5-10/h1-9H. The number of alkyl halides is 3. The molecule has 2 aromatic carbocycles. The number of nitrogens with zero attached hydrogens (tertiary/aromatic N) is 1. The van der Waals surface area contributed by atoms with Gasteiger partial charge in [-0.05, 0) is 0 Å². The molecule has 0 N–H and O–H groups in total. The van der Waals surface area contributed by atoms with Gasteiger partial charge in [-0.15, -0.1) is 0 Å². The zero-order chi connectivity index (χ0) is 15.7. The SMILES string of the molecule is FC(F)(F)c1c(-c2ccccc2)n[se]c1-c1ccc(Cl)cc1. The fourth-order valence-corrected chi connectivity index (χ4v) is 4.21. The van der Waals surface area contributed by atoms with Crippen LogP contribution in [0.4, 0.5) is 13.2 Å². The van der Waals surface area contributed by atoms with Gasteiger partial charge >= 0.3 is 136 Å². The van der Waals surface area contributed by atoms with E-state index in [1.807, 2.05) is 0 Å². The van der Waals surface area contributed by atoms with Gasteiger partial charge in [-0.2, -0.15) is 0 Å². The molecular formula is C16H9ClF3NSe. The molecule has 0 fully saturated rings. The number of aromatic nitrogens is 1. The van der Waals surface area contributed by atoms with Crippen LogP contribution in [0.5, 0.6) is 0 Å². The van der Waals surface area contributed by atoms with Crippen LogP contribution >= 0.6 is 11.6 Å². The molecule has 112 valence electrons. The Balaban J connectivity index is 2.20. The van der Waals surface area contributed by atoms with E-state index in [0.717, 1.165) is 0 Å². The quantitative estimate of drug-likeness (QED) is 0.555. The summed E-state index contributed by atoms with van der Waals surface area (Å²) in [6.07, 6.45) is -4.44. The predicted octanol–water partition coefficient (Wildman–Crippen LogP) is 5.14. The molecule has 0 aliphatic carbocycles. The summed E-state index contributed by atoms with van der Waals surface area (Å²) in [5.41, 5.74) is 0.395. The molecule has 3 rings (SSSR count). The second-order valence-electron chi connectivity index (χ2n) is 4.61. The summed E-state index contributed by atoms with van der Waals surface area (Å²) < 4.78 is 45.1. The van der Waals surface area contributed by atoms with E-state index in [0.29, 0.717) is 16.1 Å². The average molecular weight is 387 g/mol. The van der Waals surface area contributed by atoms with Crippen LogP contribution in [0.2, 0.25) is 5.02 Å². The van der Waals surface area contributed by atoms with Crippen molar-refractivity contribution < 1.29 is 13.2 Å². The van der Waals surface area contributed by atoms with Crippen LogP contribution < -0.4 is 0 Å².